The zero-order valence-corrected chi connectivity index (χ0v) is 15.5. The van der Waals surface area contributed by atoms with Crippen molar-refractivity contribution in [1.29, 1.82) is 0 Å². The van der Waals surface area contributed by atoms with Crippen LogP contribution in [0.25, 0.3) is 0 Å². The summed E-state index contributed by atoms with van der Waals surface area (Å²) in [4.78, 5) is 4.64. The summed E-state index contributed by atoms with van der Waals surface area (Å²) >= 11 is 0. The lowest BCUT2D eigenvalue weighted by Crippen LogP contribution is -2.45. The fourth-order valence-corrected chi connectivity index (χ4v) is 2.88. The highest BCUT2D eigenvalue weighted by Crippen LogP contribution is 2.19. The van der Waals surface area contributed by atoms with E-state index in [9.17, 15) is 5.11 Å². The van der Waals surface area contributed by atoms with E-state index in [0.717, 1.165) is 49.7 Å². The maximum absolute atomic E-state index is 9.62. The average Bonchev–Trinajstić information content (AvgIpc) is 2.62. The molecule has 6 nitrogen and oxygen atoms in total. The Labute approximate surface area is 150 Å². The van der Waals surface area contributed by atoms with Crippen LogP contribution < -0.4 is 20.1 Å². The molecule has 1 fully saturated rings. The number of methoxy groups -OCH3 is 1. The zero-order valence-electron chi connectivity index (χ0n) is 15.5. The highest BCUT2D eigenvalue weighted by atomic mass is 16.5. The Balaban J connectivity index is 1.83. The standard InChI is InChI=1S/C19H31N3O3/c1-4-20-19(22-15-5-7-16(23)8-6-15)21-13-14(2)25-18-11-9-17(24-3)10-12-18/h9-12,14-16,23H,4-8,13H2,1-3H3,(H2,20,21,22). The molecule has 1 atom stereocenters. The van der Waals surface area contributed by atoms with Crippen LogP contribution in [-0.2, 0) is 0 Å². The molecule has 6 heteroatoms. The van der Waals surface area contributed by atoms with Crippen molar-refractivity contribution in [3.8, 4) is 11.5 Å². The number of aliphatic hydroxyl groups is 1. The molecule has 140 valence electrons. The van der Waals surface area contributed by atoms with Gasteiger partial charge in [-0.25, -0.2) is 4.99 Å². The van der Waals surface area contributed by atoms with E-state index in [1.54, 1.807) is 7.11 Å². The lowest BCUT2D eigenvalue weighted by atomic mass is 9.93. The van der Waals surface area contributed by atoms with Gasteiger partial charge in [-0.1, -0.05) is 0 Å². The number of aliphatic imine (C=N–C) groups is 1. The van der Waals surface area contributed by atoms with Crippen LogP contribution in [0.1, 0.15) is 39.5 Å². The van der Waals surface area contributed by atoms with Gasteiger partial charge in [0.2, 0.25) is 0 Å². The first-order valence-electron chi connectivity index (χ1n) is 9.14. The summed E-state index contributed by atoms with van der Waals surface area (Å²) in [6, 6.07) is 7.94. The molecule has 1 unspecified atom stereocenters. The SMILES string of the molecule is CCNC(=NCC(C)Oc1ccc(OC)cc1)NC1CCC(O)CC1. The first kappa shape index (κ1) is 19.4. The van der Waals surface area contributed by atoms with Crippen molar-refractivity contribution in [2.45, 2.75) is 57.8 Å². The van der Waals surface area contributed by atoms with Crippen molar-refractivity contribution in [3.63, 3.8) is 0 Å². The Hall–Kier alpha value is -1.95. The largest absolute Gasteiger partial charge is 0.497 e. The Kier molecular flexibility index (Phi) is 7.85. The summed E-state index contributed by atoms with van der Waals surface area (Å²) in [6.07, 6.45) is 3.49. The minimum atomic E-state index is -0.143. The maximum Gasteiger partial charge on any atom is 0.191 e. The summed E-state index contributed by atoms with van der Waals surface area (Å²) in [5.41, 5.74) is 0. The smallest absolute Gasteiger partial charge is 0.191 e. The second-order valence-corrected chi connectivity index (χ2v) is 6.47. The summed E-state index contributed by atoms with van der Waals surface area (Å²) in [6.45, 7) is 5.44. The lowest BCUT2D eigenvalue weighted by molar-refractivity contribution is 0.120. The highest BCUT2D eigenvalue weighted by molar-refractivity contribution is 5.80. The molecule has 0 radical (unpaired) electrons. The van der Waals surface area contributed by atoms with Crippen molar-refractivity contribution in [2.75, 3.05) is 20.2 Å². The first-order valence-corrected chi connectivity index (χ1v) is 9.14. The van der Waals surface area contributed by atoms with E-state index in [0.29, 0.717) is 12.6 Å². The molecule has 0 heterocycles. The van der Waals surface area contributed by atoms with E-state index >= 15 is 0 Å². The average molecular weight is 349 g/mol. The second-order valence-electron chi connectivity index (χ2n) is 6.47. The Morgan fingerprint density at radius 3 is 2.44 bits per heavy atom. The molecule has 1 aliphatic carbocycles. The molecule has 25 heavy (non-hydrogen) atoms. The summed E-state index contributed by atoms with van der Waals surface area (Å²) in [5, 5.41) is 16.4. The number of rotatable bonds is 7. The van der Waals surface area contributed by atoms with Gasteiger partial charge in [-0.2, -0.15) is 0 Å². The van der Waals surface area contributed by atoms with Crippen molar-refractivity contribution < 1.29 is 14.6 Å². The van der Waals surface area contributed by atoms with Gasteiger partial charge in [-0.15, -0.1) is 0 Å². The summed E-state index contributed by atoms with van der Waals surface area (Å²) < 4.78 is 11.0. The topological polar surface area (TPSA) is 75.1 Å². The molecule has 0 saturated heterocycles. The number of nitrogens with one attached hydrogen (secondary N) is 2. The number of benzene rings is 1. The number of guanidine groups is 1. The van der Waals surface area contributed by atoms with Gasteiger partial charge in [-0.05, 0) is 63.8 Å². The van der Waals surface area contributed by atoms with E-state index in [4.69, 9.17) is 9.47 Å². The van der Waals surface area contributed by atoms with Crippen LogP contribution in [0.2, 0.25) is 0 Å². The van der Waals surface area contributed by atoms with Gasteiger partial charge >= 0.3 is 0 Å². The first-order chi connectivity index (χ1) is 12.1. The van der Waals surface area contributed by atoms with Crippen molar-refractivity contribution in [2.24, 2.45) is 4.99 Å². The second kappa shape index (κ2) is 10.1. The van der Waals surface area contributed by atoms with Gasteiger partial charge in [0, 0.05) is 12.6 Å². The van der Waals surface area contributed by atoms with Crippen LogP contribution in [0.15, 0.2) is 29.3 Å². The lowest BCUT2D eigenvalue weighted by Gasteiger charge is -2.27. The molecule has 0 bridgehead atoms. The van der Waals surface area contributed by atoms with E-state index in [1.165, 1.54) is 0 Å². The van der Waals surface area contributed by atoms with Gasteiger partial charge in [-0.3, -0.25) is 0 Å². The van der Waals surface area contributed by atoms with Crippen LogP contribution in [0, 0.1) is 0 Å². The minimum absolute atomic E-state index is 0.0305. The third-order valence-corrected chi connectivity index (χ3v) is 4.28. The molecule has 1 aromatic carbocycles. The van der Waals surface area contributed by atoms with Gasteiger partial charge < -0.3 is 25.2 Å². The van der Waals surface area contributed by atoms with Crippen molar-refractivity contribution in [1.82, 2.24) is 10.6 Å². The molecule has 0 aliphatic heterocycles. The van der Waals surface area contributed by atoms with Gasteiger partial charge in [0.25, 0.3) is 0 Å². The van der Waals surface area contributed by atoms with E-state index in [-0.39, 0.29) is 12.2 Å². The molecule has 1 aromatic rings. The third kappa shape index (κ3) is 6.82. The van der Waals surface area contributed by atoms with Crippen molar-refractivity contribution >= 4 is 5.96 Å². The van der Waals surface area contributed by atoms with Crippen LogP contribution in [0.3, 0.4) is 0 Å². The molecule has 0 aromatic heterocycles. The fourth-order valence-electron chi connectivity index (χ4n) is 2.88. The normalized spacial score (nSPS) is 22.2. The van der Waals surface area contributed by atoms with Crippen molar-refractivity contribution in [3.05, 3.63) is 24.3 Å². The van der Waals surface area contributed by atoms with E-state index < -0.39 is 0 Å². The quantitative estimate of drug-likeness (QED) is 0.520. The predicted octanol–water partition coefficient (Wildman–Crippen LogP) is 2.32. The molecule has 1 saturated carbocycles. The Morgan fingerprint density at radius 1 is 1.20 bits per heavy atom. The number of ether oxygens (including phenoxy) is 2. The molecule has 0 amide bonds. The number of nitrogens with zero attached hydrogens (tertiary/aromatic N) is 1. The molecule has 2 rings (SSSR count). The molecule has 1 aliphatic rings. The number of aliphatic hydroxyl groups excluding tert-OH is 1. The van der Waals surface area contributed by atoms with Crippen LogP contribution in [0.5, 0.6) is 11.5 Å². The molecular formula is C19H31N3O3. The summed E-state index contributed by atoms with van der Waals surface area (Å²) in [7, 11) is 1.65. The van der Waals surface area contributed by atoms with E-state index in [2.05, 4.69) is 22.5 Å². The minimum Gasteiger partial charge on any atom is -0.497 e. The molecule has 3 N–H and O–H groups in total. The third-order valence-electron chi connectivity index (χ3n) is 4.28. The number of hydrogen-bond donors (Lipinski definition) is 3. The predicted molar refractivity (Wildman–Crippen MR) is 100 cm³/mol. The zero-order chi connectivity index (χ0) is 18.1. The maximum atomic E-state index is 9.62. The molecular weight excluding hydrogens is 318 g/mol. The van der Waals surface area contributed by atoms with E-state index in [1.807, 2.05) is 31.2 Å². The summed E-state index contributed by atoms with van der Waals surface area (Å²) in [5.74, 6) is 2.44. The van der Waals surface area contributed by atoms with Gasteiger partial charge in [0.15, 0.2) is 5.96 Å². The number of hydrogen-bond acceptors (Lipinski definition) is 4. The monoisotopic (exact) mass is 349 g/mol. The van der Waals surface area contributed by atoms with Gasteiger partial charge in [0.05, 0.1) is 19.8 Å². The fraction of sp³-hybridized carbons (Fsp3) is 0.632. The Bertz CT molecular complexity index is 525. The van der Waals surface area contributed by atoms with Gasteiger partial charge in [0.1, 0.15) is 17.6 Å². The highest BCUT2D eigenvalue weighted by Gasteiger charge is 2.20. The van der Waals surface area contributed by atoms with Crippen LogP contribution >= 0.6 is 0 Å². The van der Waals surface area contributed by atoms with Crippen LogP contribution in [0.4, 0.5) is 0 Å². The molecule has 0 spiro atoms. The Morgan fingerprint density at radius 2 is 1.84 bits per heavy atom. The van der Waals surface area contributed by atoms with Crippen LogP contribution in [-0.4, -0.2) is 49.5 Å².